The molecule has 0 aliphatic carbocycles. The summed E-state index contributed by atoms with van der Waals surface area (Å²) in [5.74, 6) is -1.18. The summed E-state index contributed by atoms with van der Waals surface area (Å²) in [6, 6.07) is 13.6. The lowest BCUT2D eigenvalue weighted by Crippen LogP contribution is -2.19. The van der Waals surface area contributed by atoms with E-state index in [-0.39, 0.29) is 0 Å². The molecule has 0 radical (unpaired) electrons. The van der Waals surface area contributed by atoms with E-state index in [9.17, 15) is 9.90 Å². The number of aliphatic carboxylic acids is 1. The van der Waals surface area contributed by atoms with E-state index in [0.717, 1.165) is 11.1 Å². The van der Waals surface area contributed by atoms with E-state index >= 15 is 0 Å². The maximum atomic E-state index is 11.5. The Bertz CT molecular complexity index is 612. The molecule has 2 aromatic carbocycles. The summed E-state index contributed by atoms with van der Waals surface area (Å²) >= 11 is 5.86. The minimum atomic E-state index is -0.760. The normalized spacial score (nSPS) is 12.1. The van der Waals surface area contributed by atoms with Crippen molar-refractivity contribution in [3.05, 3.63) is 69.7 Å². The Morgan fingerprint density at radius 1 is 1.00 bits per heavy atom. The predicted molar refractivity (Wildman–Crippen MR) is 85.9 cm³/mol. The van der Waals surface area contributed by atoms with Gasteiger partial charge >= 0.3 is 5.97 Å². The molecule has 0 aromatic heterocycles. The molecule has 110 valence electrons. The Morgan fingerprint density at radius 2 is 1.52 bits per heavy atom. The number of hydrogen-bond acceptors (Lipinski definition) is 1. The van der Waals surface area contributed by atoms with Crippen LogP contribution in [0.2, 0.25) is 5.02 Å². The largest absolute Gasteiger partial charge is 0.481 e. The van der Waals surface area contributed by atoms with Crippen LogP contribution in [0, 0.1) is 19.8 Å². The number of halogens is 1. The van der Waals surface area contributed by atoms with Crippen molar-refractivity contribution in [3.8, 4) is 0 Å². The van der Waals surface area contributed by atoms with Crippen molar-refractivity contribution < 1.29 is 9.90 Å². The number of carboxylic acid groups (broad SMARTS) is 1. The highest BCUT2D eigenvalue weighted by Gasteiger charge is 2.19. The van der Waals surface area contributed by atoms with Gasteiger partial charge in [-0.05, 0) is 49.9 Å². The van der Waals surface area contributed by atoms with Gasteiger partial charge in [-0.25, -0.2) is 0 Å². The van der Waals surface area contributed by atoms with Crippen molar-refractivity contribution in [1.29, 1.82) is 0 Å². The maximum absolute atomic E-state index is 11.5. The first-order valence-electron chi connectivity index (χ1n) is 6.98. The van der Waals surface area contributed by atoms with Crippen LogP contribution in [0.4, 0.5) is 0 Å². The lowest BCUT2D eigenvalue weighted by atomic mass is 9.91. The zero-order chi connectivity index (χ0) is 15.4. The molecule has 21 heavy (non-hydrogen) atoms. The molecule has 3 heteroatoms. The second kappa shape index (κ2) is 6.77. The summed E-state index contributed by atoms with van der Waals surface area (Å²) in [6.45, 7) is 4.07. The second-order valence-corrected chi connectivity index (χ2v) is 6.00. The first-order valence-corrected chi connectivity index (χ1v) is 7.36. The topological polar surface area (TPSA) is 37.3 Å². The molecule has 1 atom stereocenters. The molecule has 0 heterocycles. The van der Waals surface area contributed by atoms with E-state index in [0.29, 0.717) is 17.9 Å². The van der Waals surface area contributed by atoms with Gasteiger partial charge in [0, 0.05) is 5.02 Å². The van der Waals surface area contributed by atoms with Gasteiger partial charge in [0.05, 0.1) is 5.92 Å². The van der Waals surface area contributed by atoms with Crippen molar-refractivity contribution in [2.45, 2.75) is 26.7 Å². The Labute approximate surface area is 130 Å². The zero-order valence-electron chi connectivity index (χ0n) is 12.3. The first-order chi connectivity index (χ1) is 9.94. The average Bonchev–Trinajstić information content (AvgIpc) is 2.39. The number of aryl methyl sites for hydroxylation is 2. The van der Waals surface area contributed by atoms with E-state index in [2.05, 4.69) is 18.2 Å². The molecule has 0 saturated heterocycles. The van der Waals surface area contributed by atoms with Crippen LogP contribution in [-0.4, -0.2) is 11.1 Å². The summed E-state index contributed by atoms with van der Waals surface area (Å²) in [5.41, 5.74) is 4.41. The highest BCUT2D eigenvalue weighted by Crippen LogP contribution is 2.19. The highest BCUT2D eigenvalue weighted by molar-refractivity contribution is 6.30. The summed E-state index contributed by atoms with van der Waals surface area (Å²) in [6.07, 6.45) is 1.06. The SMILES string of the molecule is Cc1cc(C)cc(CC(Cc2ccc(Cl)cc2)C(=O)O)c1. The molecule has 0 fully saturated rings. The van der Waals surface area contributed by atoms with Crippen LogP contribution < -0.4 is 0 Å². The van der Waals surface area contributed by atoms with Crippen LogP contribution in [0.1, 0.15) is 22.3 Å². The van der Waals surface area contributed by atoms with Gasteiger partial charge in [-0.1, -0.05) is 53.1 Å². The van der Waals surface area contributed by atoms with Crippen molar-refractivity contribution in [2.24, 2.45) is 5.92 Å². The van der Waals surface area contributed by atoms with Crippen LogP contribution in [0.15, 0.2) is 42.5 Å². The molecule has 2 rings (SSSR count). The molecule has 0 bridgehead atoms. The third-order valence-electron chi connectivity index (χ3n) is 3.51. The molecular weight excluding hydrogens is 284 g/mol. The Morgan fingerprint density at radius 3 is 2.05 bits per heavy atom. The average molecular weight is 303 g/mol. The van der Waals surface area contributed by atoms with Gasteiger partial charge in [-0.15, -0.1) is 0 Å². The number of hydrogen-bond donors (Lipinski definition) is 1. The van der Waals surface area contributed by atoms with Crippen LogP contribution in [0.5, 0.6) is 0 Å². The van der Waals surface area contributed by atoms with Gasteiger partial charge < -0.3 is 5.11 Å². The molecule has 0 aliphatic heterocycles. The molecule has 0 aliphatic rings. The minimum absolute atomic E-state index is 0.424. The second-order valence-electron chi connectivity index (χ2n) is 5.57. The smallest absolute Gasteiger partial charge is 0.307 e. The van der Waals surface area contributed by atoms with E-state index in [1.54, 1.807) is 12.1 Å². The molecular formula is C18H19ClO2. The predicted octanol–water partition coefficient (Wildman–Crippen LogP) is 4.44. The van der Waals surface area contributed by atoms with Crippen LogP contribution in [0.25, 0.3) is 0 Å². The minimum Gasteiger partial charge on any atom is -0.481 e. The molecule has 2 aromatic rings. The van der Waals surface area contributed by atoms with Crippen molar-refractivity contribution in [2.75, 3.05) is 0 Å². The van der Waals surface area contributed by atoms with Crippen molar-refractivity contribution in [3.63, 3.8) is 0 Å². The molecule has 1 N–H and O–H groups in total. The van der Waals surface area contributed by atoms with E-state index in [1.165, 1.54) is 11.1 Å². The highest BCUT2D eigenvalue weighted by atomic mass is 35.5. The van der Waals surface area contributed by atoms with Crippen LogP contribution in [0.3, 0.4) is 0 Å². The first kappa shape index (κ1) is 15.6. The fourth-order valence-electron chi connectivity index (χ4n) is 2.62. The molecule has 2 nitrogen and oxygen atoms in total. The van der Waals surface area contributed by atoms with Gasteiger partial charge in [-0.2, -0.15) is 0 Å². The van der Waals surface area contributed by atoms with E-state index in [4.69, 9.17) is 11.6 Å². The summed E-state index contributed by atoms with van der Waals surface area (Å²) in [5, 5.41) is 10.1. The zero-order valence-corrected chi connectivity index (χ0v) is 13.0. The molecule has 0 saturated carbocycles. The molecule has 1 unspecified atom stereocenters. The Balaban J connectivity index is 2.15. The van der Waals surface area contributed by atoms with Crippen molar-refractivity contribution >= 4 is 17.6 Å². The Kier molecular flexibility index (Phi) is 5.03. The number of carbonyl (C=O) groups is 1. The molecule has 0 amide bonds. The third-order valence-corrected chi connectivity index (χ3v) is 3.76. The monoisotopic (exact) mass is 302 g/mol. The number of carboxylic acids is 1. The lowest BCUT2D eigenvalue weighted by Gasteiger charge is -2.14. The standard InChI is InChI=1S/C18H19ClO2/c1-12-7-13(2)9-15(8-12)11-16(18(20)21)10-14-3-5-17(19)6-4-14/h3-9,16H,10-11H2,1-2H3,(H,20,21). The third kappa shape index (κ3) is 4.61. The Hall–Kier alpha value is -1.80. The lowest BCUT2D eigenvalue weighted by molar-refractivity contribution is -0.141. The maximum Gasteiger partial charge on any atom is 0.307 e. The number of benzene rings is 2. The summed E-state index contributed by atoms with van der Waals surface area (Å²) in [4.78, 5) is 11.5. The van der Waals surface area contributed by atoms with E-state index in [1.807, 2.05) is 26.0 Å². The van der Waals surface area contributed by atoms with Crippen LogP contribution in [-0.2, 0) is 17.6 Å². The van der Waals surface area contributed by atoms with Crippen molar-refractivity contribution in [1.82, 2.24) is 0 Å². The number of rotatable bonds is 5. The van der Waals surface area contributed by atoms with Crippen LogP contribution >= 0.6 is 11.6 Å². The van der Waals surface area contributed by atoms with E-state index < -0.39 is 11.9 Å². The van der Waals surface area contributed by atoms with Gasteiger partial charge in [0.15, 0.2) is 0 Å². The fraction of sp³-hybridized carbons (Fsp3) is 0.278. The van der Waals surface area contributed by atoms with Gasteiger partial charge in [-0.3, -0.25) is 4.79 Å². The molecule has 0 spiro atoms. The fourth-order valence-corrected chi connectivity index (χ4v) is 2.75. The summed E-state index contributed by atoms with van der Waals surface area (Å²) in [7, 11) is 0. The quantitative estimate of drug-likeness (QED) is 0.886. The van der Waals surface area contributed by atoms with Gasteiger partial charge in [0.25, 0.3) is 0 Å². The van der Waals surface area contributed by atoms with Gasteiger partial charge in [0.2, 0.25) is 0 Å². The summed E-state index contributed by atoms with van der Waals surface area (Å²) < 4.78 is 0. The van der Waals surface area contributed by atoms with Gasteiger partial charge in [0.1, 0.15) is 0 Å².